The second-order valence-electron chi connectivity index (χ2n) is 6.98. The number of benzene rings is 1. The molecule has 2 fully saturated rings. The number of nitrogens with one attached hydrogen (secondary N) is 1. The van der Waals surface area contributed by atoms with Gasteiger partial charge in [-0.15, -0.1) is 0 Å². The molecule has 1 aliphatic heterocycles. The molecule has 0 spiro atoms. The molecule has 136 valence electrons. The Labute approximate surface area is 162 Å². The summed E-state index contributed by atoms with van der Waals surface area (Å²) in [4.78, 5) is 27.3. The molecule has 4 nitrogen and oxygen atoms in total. The molecule has 3 rings (SSSR count). The number of amides is 2. The summed E-state index contributed by atoms with van der Waals surface area (Å²) < 4.78 is 0.910. The molecule has 1 aromatic rings. The molecule has 0 radical (unpaired) electrons. The van der Waals surface area contributed by atoms with Gasteiger partial charge in [-0.2, -0.15) is 0 Å². The first kappa shape index (κ1) is 18.7. The van der Waals surface area contributed by atoms with Crippen molar-refractivity contribution < 1.29 is 9.59 Å². The van der Waals surface area contributed by atoms with Crippen LogP contribution in [0.4, 0.5) is 0 Å². The van der Waals surface area contributed by atoms with E-state index in [9.17, 15) is 9.59 Å². The lowest BCUT2D eigenvalue weighted by atomic mass is 9.88. The van der Waals surface area contributed by atoms with Gasteiger partial charge >= 0.3 is 0 Å². The Bertz CT molecular complexity index is 646. The van der Waals surface area contributed by atoms with Gasteiger partial charge in [-0.3, -0.25) is 9.59 Å². The minimum Gasteiger partial charge on any atom is -0.350 e. The first-order valence-electron chi connectivity index (χ1n) is 9.08. The summed E-state index contributed by atoms with van der Waals surface area (Å²) >= 11 is 9.58. The highest BCUT2D eigenvalue weighted by molar-refractivity contribution is 9.10. The van der Waals surface area contributed by atoms with Crippen molar-refractivity contribution in [1.29, 1.82) is 0 Å². The highest BCUT2D eigenvalue weighted by atomic mass is 79.9. The van der Waals surface area contributed by atoms with E-state index in [1.54, 1.807) is 0 Å². The average Bonchev–Trinajstić information content (AvgIpc) is 3.10. The third-order valence-electron chi connectivity index (χ3n) is 5.26. The predicted molar refractivity (Wildman–Crippen MR) is 102 cm³/mol. The molecule has 2 aliphatic rings. The normalized spacial score (nSPS) is 21.4. The van der Waals surface area contributed by atoms with Crippen LogP contribution in [0.3, 0.4) is 0 Å². The first-order chi connectivity index (χ1) is 12.1. The van der Waals surface area contributed by atoms with Crippen LogP contribution in [0.25, 0.3) is 0 Å². The molecule has 25 heavy (non-hydrogen) atoms. The standard InChI is InChI=1S/C19H24BrClN2O2/c20-15-9-8-14(16(21)11-15)12-22-18(24)17-7-4-10-23(17)19(25)13-5-2-1-3-6-13/h8-9,11,13,17H,1-7,10,12H2,(H,22,24). The van der Waals surface area contributed by atoms with Crippen molar-refractivity contribution in [3.63, 3.8) is 0 Å². The number of hydrogen-bond acceptors (Lipinski definition) is 2. The zero-order valence-corrected chi connectivity index (χ0v) is 16.6. The first-order valence-corrected chi connectivity index (χ1v) is 10.3. The Morgan fingerprint density at radius 1 is 1.16 bits per heavy atom. The lowest BCUT2D eigenvalue weighted by Crippen LogP contribution is -2.48. The van der Waals surface area contributed by atoms with Gasteiger partial charge in [0.2, 0.25) is 11.8 Å². The van der Waals surface area contributed by atoms with Crippen LogP contribution in [0, 0.1) is 5.92 Å². The number of carbonyl (C=O) groups excluding carboxylic acids is 2. The Balaban J connectivity index is 1.59. The van der Waals surface area contributed by atoms with Crippen LogP contribution >= 0.6 is 27.5 Å². The molecule has 1 saturated carbocycles. The van der Waals surface area contributed by atoms with Gasteiger partial charge in [0.15, 0.2) is 0 Å². The maximum absolute atomic E-state index is 12.8. The Kier molecular flexibility index (Phi) is 6.39. The molecular formula is C19H24BrClN2O2. The quantitative estimate of drug-likeness (QED) is 0.779. The molecule has 1 aromatic carbocycles. The lowest BCUT2D eigenvalue weighted by Gasteiger charge is -2.30. The molecule has 1 N–H and O–H groups in total. The van der Waals surface area contributed by atoms with E-state index in [0.29, 0.717) is 18.1 Å². The Morgan fingerprint density at radius 3 is 2.64 bits per heavy atom. The van der Waals surface area contributed by atoms with Crippen LogP contribution in [0.5, 0.6) is 0 Å². The van der Waals surface area contributed by atoms with Gasteiger partial charge in [0, 0.05) is 28.5 Å². The summed E-state index contributed by atoms with van der Waals surface area (Å²) in [5.41, 5.74) is 0.876. The van der Waals surface area contributed by atoms with Crippen LogP contribution in [-0.4, -0.2) is 29.3 Å². The van der Waals surface area contributed by atoms with Crippen molar-refractivity contribution in [3.8, 4) is 0 Å². The summed E-state index contributed by atoms with van der Waals surface area (Å²) in [5.74, 6) is 0.225. The third kappa shape index (κ3) is 4.56. The summed E-state index contributed by atoms with van der Waals surface area (Å²) in [7, 11) is 0. The number of rotatable bonds is 4. The van der Waals surface area contributed by atoms with Gasteiger partial charge in [0.1, 0.15) is 6.04 Å². The van der Waals surface area contributed by atoms with Crippen molar-refractivity contribution in [2.75, 3.05) is 6.54 Å². The molecule has 1 aliphatic carbocycles. The highest BCUT2D eigenvalue weighted by Gasteiger charge is 2.37. The summed E-state index contributed by atoms with van der Waals surface area (Å²) in [6.07, 6.45) is 7.07. The average molecular weight is 428 g/mol. The van der Waals surface area contributed by atoms with E-state index < -0.39 is 0 Å². The molecule has 1 unspecified atom stereocenters. The minimum atomic E-state index is -0.330. The third-order valence-corrected chi connectivity index (χ3v) is 6.11. The number of carbonyl (C=O) groups is 2. The van der Waals surface area contributed by atoms with Crippen molar-refractivity contribution in [3.05, 3.63) is 33.3 Å². The molecule has 2 amide bonds. The number of nitrogens with zero attached hydrogens (tertiary/aromatic N) is 1. The maximum Gasteiger partial charge on any atom is 0.243 e. The summed E-state index contributed by atoms with van der Waals surface area (Å²) in [6.45, 7) is 1.08. The number of halogens is 2. The largest absolute Gasteiger partial charge is 0.350 e. The fourth-order valence-corrected chi connectivity index (χ4v) is 4.59. The fraction of sp³-hybridized carbons (Fsp3) is 0.579. The van der Waals surface area contributed by atoms with E-state index in [2.05, 4.69) is 21.2 Å². The molecule has 0 bridgehead atoms. The van der Waals surface area contributed by atoms with Crippen molar-refractivity contribution in [2.24, 2.45) is 5.92 Å². The van der Waals surface area contributed by atoms with Gasteiger partial charge in [0.25, 0.3) is 0 Å². The molecule has 1 atom stereocenters. The van der Waals surface area contributed by atoms with Crippen molar-refractivity contribution in [2.45, 2.75) is 57.5 Å². The van der Waals surface area contributed by atoms with Gasteiger partial charge in [-0.25, -0.2) is 0 Å². The van der Waals surface area contributed by atoms with E-state index in [1.165, 1.54) is 6.42 Å². The predicted octanol–water partition coefficient (Wildman–Crippen LogP) is 4.29. The van der Waals surface area contributed by atoms with Gasteiger partial charge in [-0.1, -0.05) is 52.9 Å². The second kappa shape index (κ2) is 8.54. The van der Waals surface area contributed by atoms with E-state index in [1.807, 2.05) is 23.1 Å². The summed E-state index contributed by atoms with van der Waals surface area (Å²) in [6, 6.07) is 5.29. The van der Waals surface area contributed by atoms with E-state index >= 15 is 0 Å². The van der Waals surface area contributed by atoms with Crippen molar-refractivity contribution in [1.82, 2.24) is 10.2 Å². The van der Waals surface area contributed by atoms with Crippen LogP contribution in [0.1, 0.15) is 50.5 Å². The molecule has 6 heteroatoms. The maximum atomic E-state index is 12.8. The Morgan fingerprint density at radius 2 is 1.92 bits per heavy atom. The molecule has 1 saturated heterocycles. The number of hydrogen-bond donors (Lipinski definition) is 1. The zero-order chi connectivity index (χ0) is 17.8. The Hall–Kier alpha value is -1.07. The van der Waals surface area contributed by atoms with Crippen LogP contribution in [-0.2, 0) is 16.1 Å². The zero-order valence-electron chi connectivity index (χ0n) is 14.3. The number of likely N-dealkylation sites (tertiary alicyclic amines) is 1. The topological polar surface area (TPSA) is 49.4 Å². The fourth-order valence-electron chi connectivity index (χ4n) is 3.85. The van der Waals surface area contributed by atoms with Crippen LogP contribution in [0.15, 0.2) is 22.7 Å². The lowest BCUT2D eigenvalue weighted by molar-refractivity contribution is -0.142. The molecule has 0 aromatic heterocycles. The van der Waals surface area contributed by atoms with Gasteiger partial charge in [-0.05, 0) is 43.4 Å². The molecular weight excluding hydrogens is 404 g/mol. The minimum absolute atomic E-state index is 0.0688. The van der Waals surface area contributed by atoms with Gasteiger partial charge in [0.05, 0.1) is 0 Å². The van der Waals surface area contributed by atoms with Crippen LogP contribution in [0.2, 0.25) is 5.02 Å². The van der Waals surface area contributed by atoms with E-state index in [4.69, 9.17) is 11.6 Å². The van der Waals surface area contributed by atoms with Crippen molar-refractivity contribution >= 4 is 39.3 Å². The van der Waals surface area contributed by atoms with E-state index in [-0.39, 0.29) is 23.8 Å². The monoisotopic (exact) mass is 426 g/mol. The second-order valence-corrected chi connectivity index (χ2v) is 8.30. The summed E-state index contributed by atoms with van der Waals surface area (Å²) in [5, 5.41) is 3.58. The molecule has 1 heterocycles. The SMILES string of the molecule is O=C(NCc1ccc(Br)cc1Cl)C1CCCN1C(=O)C1CCCCC1. The highest BCUT2D eigenvalue weighted by Crippen LogP contribution is 2.29. The smallest absolute Gasteiger partial charge is 0.243 e. The van der Waals surface area contributed by atoms with Crippen LogP contribution < -0.4 is 5.32 Å². The van der Waals surface area contributed by atoms with Gasteiger partial charge < -0.3 is 10.2 Å². The van der Waals surface area contributed by atoms with E-state index in [0.717, 1.165) is 48.6 Å².